The van der Waals surface area contributed by atoms with Gasteiger partial charge in [-0.25, -0.2) is 31.4 Å². The molecule has 2 aromatic carbocycles. The lowest BCUT2D eigenvalue weighted by molar-refractivity contribution is -0.119. The van der Waals surface area contributed by atoms with Crippen LogP contribution in [-0.2, 0) is 19.6 Å². The number of hydrogen-bond donors (Lipinski definition) is 1. The van der Waals surface area contributed by atoms with Crippen molar-refractivity contribution in [2.75, 3.05) is 25.0 Å². The van der Waals surface area contributed by atoms with E-state index in [9.17, 15) is 31.2 Å². The van der Waals surface area contributed by atoms with E-state index in [0.717, 1.165) is 31.7 Å². The van der Waals surface area contributed by atoms with Gasteiger partial charge in [0.2, 0.25) is 10.0 Å². The van der Waals surface area contributed by atoms with Crippen molar-refractivity contribution in [3.8, 4) is 0 Å². The lowest BCUT2D eigenvalue weighted by Gasteiger charge is -2.20. The molecule has 2 heterocycles. The Hall–Kier alpha value is -3.03. The highest BCUT2D eigenvalue weighted by Crippen LogP contribution is 2.30. The molecule has 13 heteroatoms. The lowest BCUT2D eigenvalue weighted by atomic mass is 10.2. The van der Waals surface area contributed by atoms with Crippen molar-refractivity contribution in [1.29, 1.82) is 0 Å². The minimum atomic E-state index is -3.78. The summed E-state index contributed by atoms with van der Waals surface area (Å²) >= 11 is 0.711. The van der Waals surface area contributed by atoms with Gasteiger partial charge in [0.15, 0.2) is 29.2 Å². The summed E-state index contributed by atoms with van der Waals surface area (Å²) in [5, 5.41) is 2.12. The Kier molecular flexibility index (Phi) is 7.38. The zero-order valence-corrected chi connectivity index (χ0v) is 19.9. The third-order valence-electron chi connectivity index (χ3n) is 5.37. The highest BCUT2D eigenvalue weighted by atomic mass is 32.2. The van der Waals surface area contributed by atoms with Gasteiger partial charge in [-0.2, -0.15) is 4.31 Å². The maximum absolute atomic E-state index is 13.8. The zero-order chi connectivity index (χ0) is 25.2. The average Bonchev–Trinajstić information content (AvgIpc) is 3.04. The zero-order valence-electron chi connectivity index (χ0n) is 18.2. The predicted molar refractivity (Wildman–Crippen MR) is 122 cm³/mol. The number of ether oxygens (including phenoxy) is 1. The maximum Gasteiger partial charge on any atom is 0.338 e. The van der Waals surface area contributed by atoms with E-state index < -0.39 is 51.5 Å². The number of hydrogen-bond acceptors (Lipinski definition) is 7. The van der Waals surface area contributed by atoms with Crippen LogP contribution in [0.2, 0.25) is 0 Å². The van der Waals surface area contributed by atoms with Crippen LogP contribution in [-0.4, -0.2) is 49.3 Å². The molecule has 1 aliphatic heterocycles. The van der Waals surface area contributed by atoms with Gasteiger partial charge in [0.05, 0.1) is 15.2 Å². The third kappa shape index (κ3) is 5.46. The van der Waals surface area contributed by atoms with Gasteiger partial charge >= 0.3 is 5.97 Å². The normalized spacial score (nSPS) is 15.1. The number of fused-ring (bicyclic) bond motifs is 1. The molecule has 0 spiro atoms. The van der Waals surface area contributed by atoms with E-state index in [4.69, 9.17) is 4.74 Å². The van der Waals surface area contributed by atoms with Crippen molar-refractivity contribution in [2.45, 2.75) is 30.6 Å². The van der Waals surface area contributed by atoms with Crippen LogP contribution in [0.15, 0.2) is 35.2 Å². The number of nitrogens with one attached hydrogen (secondary N) is 1. The van der Waals surface area contributed by atoms with Crippen molar-refractivity contribution in [3.63, 3.8) is 0 Å². The number of rotatable bonds is 6. The van der Waals surface area contributed by atoms with Crippen molar-refractivity contribution in [2.24, 2.45) is 0 Å². The molecule has 0 saturated carbocycles. The molecule has 1 amide bonds. The quantitative estimate of drug-likeness (QED) is 0.383. The van der Waals surface area contributed by atoms with Gasteiger partial charge in [0, 0.05) is 13.1 Å². The Morgan fingerprint density at radius 2 is 1.77 bits per heavy atom. The van der Waals surface area contributed by atoms with Crippen LogP contribution in [0, 0.1) is 17.5 Å². The molecular weight excluding hydrogens is 507 g/mol. The number of esters is 1. The largest absolute Gasteiger partial charge is 0.452 e. The first-order valence-electron chi connectivity index (χ1n) is 10.7. The number of carbonyl (C=O) groups is 2. The second-order valence-corrected chi connectivity index (χ2v) is 10.8. The molecule has 0 aliphatic carbocycles. The molecular formula is C22H20F3N3O5S2. The van der Waals surface area contributed by atoms with E-state index in [1.165, 1.54) is 28.6 Å². The Morgan fingerprint density at radius 3 is 2.49 bits per heavy atom. The summed E-state index contributed by atoms with van der Waals surface area (Å²) < 4.78 is 72.8. The van der Waals surface area contributed by atoms with E-state index in [1.807, 2.05) is 0 Å². The number of halogens is 3. The highest BCUT2D eigenvalue weighted by Gasteiger charge is 2.26. The highest BCUT2D eigenvalue weighted by molar-refractivity contribution is 7.89. The number of sulfonamides is 1. The van der Waals surface area contributed by atoms with Crippen LogP contribution >= 0.6 is 11.3 Å². The summed E-state index contributed by atoms with van der Waals surface area (Å²) in [7, 11) is -3.78. The van der Waals surface area contributed by atoms with Crippen LogP contribution in [0.4, 0.5) is 18.3 Å². The molecule has 1 saturated heterocycles. The monoisotopic (exact) mass is 527 g/mol. The third-order valence-corrected chi connectivity index (χ3v) is 8.19. The number of carbonyl (C=O) groups excluding carboxylic acids is 2. The van der Waals surface area contributed by atoms with Crippen molar-refractivity contribution in [3.05, 3.63) is 53.3 Å². The average molecular weight is 528 g/mol. The Balaban J connectivity index is 1.40. The maximum atomic E-state index is 13.8. The van der Waals surface area contributed by atoms with E-state index in [-0.39, 0.29) is 20.3 Å². The minimum Gasteiger partial charge on any atom is -0.452 e. The Bertz CT molecular complexity index is 1390. The molecule has 0 radical (unpaired) electrons. The van der Waals surface area contributed by atoms with Gasteiger partial charge in [0.1, 0.15) is 5.52 Å². The van der Waals surface area contributed by atoms with Crippen LogP contribution in [0.3, 0.4) is 0 Å². The van der Waals surface area contributed by atoms with Gasteiger partial charge in [-0.05, 0) is 37.1 Å². The summed E-state index contributed by atoms with van der Waals surface area (Å²) in [6.45, 7) is 0.0708. The van der Waals surface area contributed by atoms with Gasteiger partial charge in [-0.15, -0.1) is 0 Å². The first-order valence-corrected chi connectivity index (χ1v) is 12.9. The number of benzene rings is 2. The molecule has 186 valence electrons. The fraction of sp³-hybridized carbons (Fsp3) is 0.318. The Labute approximate surface area is 202 Å². The first-order chi connectivity index (χ1) is 16.7. The first kappa shape index (κ1) is 25.1. The van der Waals surface area contributed by atoms with Crippen LogP contribution < -0.4 is 5.32 Å². The van der Waals surface area contributed by atoms with Gasteiger partial charge < -0.3 is 4.74 Å². The second-order valence-electron chi connectivity index (χ2n) is 7.82. The fourth-order valence-electron chi connectivity index (χ4n) is 3.61. The molecule has 1 aliphatic rings. The lowest BCUT2D eigenvalue weighted by Crippen LogP contribution is -2.32. The van der Waals surface area contributed by atoms with E-state index in [0.29, 0.717) is 24.4 Å². The predicted octanol–water partition coefficient (Wildman–Crippen LogP) is 4.07. The van der Waals surface area contributed by atoms with Crippen LogP contribution in [0.1, 0.15) is 36.0 Å². The van der Waals surface area contributed by atoms with Gasteiger partial charge in [-0.1, -0.05) is 30.2 Å². The number of nitrogens with zero attached hydrogens (tertiary/aromatic N) is 2. The standard InChI is InChI=1S/C22H20F3N3O5S2/c23-15-11-16-20(19(25)18(15)24)27-22(34-16)26-17(29)12-33-21(30)13-6-5-7-14(10-13)35(31,32)28-8-3-1-2-4-9-28/h5-7,10-11H,1-4,8-9,12H2,(H,26,27,29). The molecule has 0 atom stereocenters. The van der Waals surface area contributed by atoms with Crippen LogP contribution in [0.5, 0.6) is 0 Å². The molecule has 0 unspecified atom stereocenters. The van der Waals surface area contributed by atoms with Gasteiger partial charge in [-0.3, -0.25) is 10.1 Å². The second kappa shape index (κ2) is 10.3. The molecule has 1 fully saturated rings. The SMILES string of the molecule is O=C(COC(=O)c1cccc(S(=O)(=O)N2CCCCCC2)c1)Nc1nc2c(F)c(F)c(F)cc2s1. The molecule has 0 bridgehead atoms. The van der Waals surface area contributed by atoms with E-state index in [2.05, 4.69) is 10.3 Å². The summed E-state index contributed by atoms with van der Waals surface area (Å²) in [5.41, 5.74) is -0.495. The van der Waals surface area contributed by atoms with E-state index >= 15 is 0 Å². The number of aromatic nitrogens is 1. The van der Waals surface area contributed by atoms with Crippen molar-refractivity contribution in [1.82, 2.24) is 9.29 Å². The van der Waals surface area contributed by atoms with Crippen LogP contribution in [0.25, 0.3) is 10.2 Å². The molecule has 1 aromatic heterocycles. The molecule has 4 rings (SSSR count). The summed E-state index contributed by atoms with van der Waals surface area (Å²) in [5.74, 6) is -6.28. The fourth-order valence-corrected chi connectivity index (χ4v) is 6.08. The number of amides is 1. The molecule has 8 nitrogen and oxygen atoms in total. The summed E-state index contributed by atoms with van der Waals surface area (Å²) in [4.78, 5) is 28.2. The smallest absolute Gasteiger partial charge is 0.338 e. The topological polar surface area (TPSA) is 106 Å². The molecule has 1 N–H and O–H groups in total. The summed E-state index contributed by atoms with van der Waals surface area (Å²) in [6, 6.07) is 6.12. The van der Waals surface area contributed by atoms with Crippen molar-refractivity contribution >= 4 is 48.6 Å². The van der Waals surface area contributed by atoms with Gasteiger partial charge in [0.25, 0.3) is 5.91 Å². The number of anilines is 1. The Morgan fingerprint density at radius 1 is 1.06 bits per heavy atom. The summed E-state index contributed by atoms with van der Waals surface area (Å²) in [6.07, 6.45) is 3.45. The van der Waals surface area contributed by atoms with E-state index in [1.54, 1.807) is 0 Å². The van der Waals surface area contributed by atoms with Crippen molar-refractivity contribution < 1.29 is 35.9 Å². The minimum absolute atomic E-state index is 0.0175. The molecule has 3 aromatic rings. The molecule has 35 heavy (non-hydrogen) atoms. The number of thiazole rings is 1.